The van der Waals surface area contributed by atoms with Crippen LogP contribution in [0.1, 0.15) is 37.8 Å². The normalized spacial score (nSPS) is 25.9. The Kier molecular flexibility index (Phi) is 2.87. The molecule has 1 aromatic heterocycles. The number of ether oxygens (including phenoxy) is 1. The second-order valence-electron chi connectivity index (χ2n) is 7.70. The van der Waals surface area contributed by atoms with E-state index in [1.54, 1.807) is 30.3 Å². The summed E-state index contributed by atoms with van der Waals surface area (Å²) in [6.07, 6.45) is 1.52. The number of hydrogen-bond acceptors (Lipinski definition) is 5. The molecule has 3 heterocycles. The highest BCUT2D eigenvalue weighted by atomic mass is 16.6. The van der Waals surface area contributed by atoms with E-state index in [2.05, 4.69) is 0 Å². The van der Waals surface area contributed by atoms with Crippen molar-refractivity contribution in [2.24, 2.45) is 0 Å². The maximum atomic E-state index is 11.4. The van der Waals surface area contributed by atoms with E-state index in [0.29, 0.717) is 27.6 Å². The molecule has 0 aliphatic carbocycles. The summed E-state index contributed by atoms with van der Waals surface area (Å²) in [5.74, 6) is -0.153. The number of nitro groups is 1. The molecule has 2 bridgehead atoms. The Hall–Kier alpha value is -3.06. The Balaban J connectivity index is 1.85. The number of benzene rings is 2. The van der Waals surface area contributed by atoms with Crippen molar-refractivity contribution in [3.63, 3.8) is 0 Å². The molecule has 0 amide bonds. The molecular formula is C20H18N2O5. The minimum Gasteiger partial charge on any atom is -0.494 e. The maximum Gasteiger partial charge on any atom is 0.277 e. The monoisotopic (exact) mass is 366 g/mol. The number of nitrogens with zero attached hydrogens (tertiary/aromatic N) is 2. The molecule has 1 saturated heterocycles. The number of aromatic hydroxyl groups is 2. The molecule has 2 aliphatic heterocycles. The Morgan fingerprint density at radius 1 is 1.00 bits per heavy atom. The van der Waals surface area contributed by atoms with Crippen molar-refractivity contribution in [2.45, 2.75) is 37.9 Å². The van der Waals surface area contributed by atoms with Gasteiger partial charge in [0.1, 0.15) is 0 Å². The zero-order valence-corrected chi connectivity index (χ0v) is 14.9. The molecule has 2 aromatic carbocycles. The molecule has 7 nitrogen and oxygen atoms in total. The van der Waals surface area contributed by atoms with E-state index in [9.17, 15) is 20.3 Å². The summed E-state index contributed by atoms with van der Waals surface area (Å²) in [5, 5.41) is 34.4. The summed E-state index contributed by atoms with van der Waals surface area (Å²) in [7, 11) is 0. The first-order chi connectivity index (χ1) is 12.8. The third kappa shape index (κ3) is 1.84. The Morgan fingerprint density at radius 2 is 1.56 bits per heavy atom. The van der Waals surface area contributed by atoms with Crippen LogP contribution in [0.4, 0.5) is 5.69 Å². The largest absolute Gasteiger partial charge is 0.494 e. The first kappa shape index (κ1) is 16.1. The number of non-ortho nitro benzene ring substituents is 1. The van der Waals surface area contributed by atoms with Gasteiger partial charge >= 0.3 is 0 Å². The van der Waals surface area contributed by atoms with Crippen LogP contribution in [0.25, 0.3) is 16.5 Å². The third-order valence-corrected chi connectivity index (χ3v) is 6.02. The summed E-state index contributed by atoms with van der Waals surface area (Å²) >= 11 is 0. The third-order valence-electron chi connectivity index (χ3n) is 6.02. The van der Waals surface area contributed by atoms with Crippen molar-refractivity contribution in [3.8, 4) is 17.4 Å². The van der Waals surface area contributed by atoms with E-state index in [1.165, 1.54) is 10.6 Å². The van der Waals surface area contributed by atoms with Gasteiger partial charge in [0.25, 0.3) is 5.69 Å². The quantitative estimate of drug-likeness (QED) is 0.523. The van der Waals surface area contributed by atoms with E-state index in [0.717, 1.165) is 12.8 Å². The number of fused-ring (bicyclic) bond motifs is 6. The molecule has 7 heteroatoms. The lowest BCUT2D eigenvalue weighted by Gasteiger charge is -2.21. The fraction of sp³-hybridized carbons (Fsp3) is 0.300. The molecule has 27 heavy (non-hydrogen) atoms. The Morgan fingerprint density at radius 3 is 2.15 bits per heavy atom. The molecule has 3 aromatic rings. The van der Waals surface area contributed by atoms with Gasteiger partial charge in [-0.3, -0.25) is 14.7 Å². The molecule has 0 saturated carbocycles. The van der Waals surface area contributed by atoms with Crippen LogP contribution in [0.3, 0.4) is 0 Å². The molecule has 2 unspecified atom stereocenters. The summed E-state index contributed by atoms with van der Waals surface area (Å²) in [5.41, 5.74) is 0.399. The zero-order chi connectivity index (χ0) is 19.1. The van der Waals surface area contributed by atoms with E-state index in [-0.39, 0.29) is 17.4 Å². The van der Waals surface area contributed by atoms with Crippen molar-refractivity contribution in [1.29, 1.82) is 0 Å². The molecule has 5 rings (SSSR count). The molecule has 0 spiro atoms. The Labute approximate surface area is 154 Å². The van der Waals surface area contributed by atoms with Crippen LogP contribution >= 0.6 is 0 Å². The molecule has 2 aliphatic rings. The summed E-state index contributed by atoms with van der Waals surface area (Å²) in [6.45, 7) is 3.84. The number of nitro benzene ring substituents is 1. The van der Waals surface area contributed by atoms with Gasteiger partial charge in [-0.05, 0) is 38.8 Å². The number of hydrogen-bond donors (Lipinski definition) is 2. The van der Waals surface area contributed by atoms with Gasteiger partial charge in [-0.2, -0.15) is 0 Å². The van der Waals surface area contributed by atoms with Crippen LogP contribution < -0.4 is 0 Å². The first-order valence-corrected chi connectivity index (χ1v) is 8.81. The molecule has 2 atom stereocenters. The smallest absolute Gasteiger partial charge is 0.277 e. The van der Waals surface area contributed by atoms with E-state index in [4.69, 9.17) is 4.74 Å². The minimum absolute atomic E-state index is 0.0182. The van der Waals surface area contributed by atoms with Gasteiger partial charge in [0.05, 0.1) is 38.3 Å². The zero-order valence-electron chi connectivity index (χ0n) is 14.9. The van der Waals surface area contributed by atoms with Crippen molar-refractivity contribution in [1.82, 2.24) is 4.57 Å². The van der Waals surface area contributed by atoms with Crippen LogP contribution in [0.5, 0.6) is 11.8 Å². The van der Waals surface area contributed by atoms with Gasteiger partial charge in [0, 0.05) is 11.5 Å². The second kappa shape index (κ2) is 4.80. The fourth-order valence-electron chi connectivity index (χ4n) is 4.84. The maximum absolute atomic E-state index is 11.4. The van der Waals surface area contributed by atoms with Crippen LogP contribution in [0.15, 0.2) is 36.4 Å². The number of rotatable bonds is 2. The highest BCUT2D eigenvalue weighted by Crippen LogP contribution is 2.64. The SMILES string of the molecule is CC12CCC(C)(O1)c1c2c(O)n(-c2cccc3c([N+](=O)[O-])cccc23)c1O. The lowest BCUT2D eigenvalue weighted by atomic mass is 9.80. The second-order valence-corrected chi connectivity index (χ2v) is 7.70. The predicted molar refractivity (Wildman–Crippen MR) is 98.3 cm³/mol. The van der Waals surface area contributed by atoms with E-state index < -0.39 is 16.1 Å². The fourth-order valence-corrected chi connectivity index (χ4v) is 4.84. The van der Waals surface area contributed by atoms with Crippen LogP contribution in [0, 0.1) is 10.1 Å². The van der Waals surface area contributed by atoms with Crippen molar-refractivity contribution >= 4 is 16.5 Å². The molecule has 1 fully saturated rings. The van der Waals surface area contributed by atoms with Crippen molar-refractivity contribution < 1.29 is 19.9 Å². The van der Waals surface area contributed by atoms with E-state index in [1.807, 2.05) is 13.8 Å². The molecule has 138 valence electrons. The van der Waals surface area contributed by atoms with Crippen LogP contribution in [-0.2, 0) is 15.9 Å². The highest BCUT2D eigenvalue weighted by Gasteiger charge is 2.59. The predicted octanol–water partition coefficient (Wildman–Crippen LogP) is 4.20. The topological polar surface area (TPSA) is 97.8 Å². The Bertz CT molecular complexity index is 1110. The first-order valence-electron chi connectivity index (χ1n) is 8.81. The summed E-state index contributed by atoms with van der Waals surface area (Å²) in [4.78, 5) is 10.9. The van der Waals surface area contributed by atoms with E-state index >= 15 is 0 Å². The average molecular weight is 366 g/mol. The van der Waals surface area contributed by atoms with Gasteiger partial charge < -0.3 is 14.9 Å². The molecule has 2 N–H and O–H groups in total. The van der Waals surface area contributed by atoms with Gasteiger partial charge in [-0.25, -0.2) is 0 Å². The molecular weight excluding hydrogens is 348 g/mol. The standard InChI is InChI=1S/C20H18N2O5/c1-19-9-10-20(2,27-19)16-15(19)17(23)21(18(16)24)13-7-3-6-12-11(13)5-4-8-14(12)22(25)26/h3-8,23-24H,9-10H2,1-2H3. The lowest BCUT2D eigenvalue weighted by Crippen LogP contribution is -2.17. The highest BCUT2D eigenvalue weighted by molar-refractivity contribution is 5.97. The van der Waals surface area contributed by atoms with Crippen molar-refractivity contribution in [2.75, 3.05) is 0 Å². The van der Waals surface area contributed by atoms with Crippen LogP contribution in [-0.4, -0.2) is 19.7 Å². The summed E-state index contributed by atoms with van der Waals surface area (Å²) in [6, 6.07) is 9.87. The van der Waals surface area contributed by atoms with Gasteiger partial charge in [0.15, 0.2) is 0 Å². The summed E-state index contributed by atoms with van der Waals surface area (Å²) < 4.78 is 7.50. The van der Waals surface area contributed by atoms with Gasteiger partial charge in [-0.15, -0.1) is 0 Å². The van der Waals surface area contributed by atoms with Crippen LogP contribution in [0.2, 0.25) is 0 Å². The molecule has 0 radical (unpaired) electrons. The lowest BCUT2D eigenvalue weighted by molar-refractivity contribution is -0.383. The van der Waals surface area contributed by atoms with Gasteiger partial charge in [0.2, 0.25) is 11.8 Å². The minimum atomic E-state index is -0.645. The van der Waals surface area contributed by atoms with Crippen molar-refractivity contribution in [3.05, 3.63) is 57.6 Å². The average Bonchev–Trinajstić information content (AvgIpc) is 3.18. The van der Waals surface area contributed by atoms with Gasteiger partial charge in [-0.1, -0.05) is 18.2 Å². The number of aromatic nitrogens is 1.